The van der Waals surface area contributed by atoms with Gasteiger partial charge in [-0.25, -0.2) is 4.98 Å². The molecular weight excluding hydrogens is 772 g/mol. The first-order valence-electron chi connectivity index (χ1n) is 15.7. The van der Waals surface area contributed by atoms with E-state index in [-0.39, 0.29) is 26.5 Å². The smallest absolute Gasteiger partial charge is 0.267 e. The molecule has 5 aromatic carbocycles. The van der Waals surface area contributed by atoms with Crippen LogP contribution in [-0.4, -0.2) is 14.1 Å². The Labute approximate surface area is 295 Å². The second kappa shape index (κ2) is 12.7. The van der Waals surface area contributed by atoms with Gasteiger partial charge >= 0.3 is 0 Å². The van der Waals surface area contributed by atoms with Crippen LogP contribution in [0.4, 0.5) is 0 Å². The van der Waals surface area contributed by atoms with Gasteiger partial charge in [0.2, 0.25) is 0 Å². The predicted octanol–water partition coefficient (Wildman–Crippen LogP) is 9.40. The van der Waals surface area contributed by atoms with Crippen molar-refractivity contribution in [1.82, 2.24) is 14.1 Å². The van der Waals surface area contributed by atoms with Gasteiger partial charge in [-0.05, 0) is 63.5 Å². The summed E-state index contributed by atoms with van der Waals surface area (Å²) in [7, 11) is 0. The summed E-state index contributed by atoms with van der Waals surface area (Å²) in [4.78, 5) is 4.79. The largest absolute Gasteiger partial charge is 0.510 e. The fraction of sp³-hybridized carbons (Fsp3) is 0.0952. The zero-order valence-corrected chi connectivity index (χ0v) is 29.1. The maximum atomic E-state index is 6.39. The van der Waals surface area contributed by atoms with Crippen molar-refractivity contribution >= 4 is 21.8 Å². The predicted molar refractivity (Wildman–Crippen MR) is 187 cm³/mol. The molecule has 5 nitrogen and oxygen atoms in total. The molecule has 0 saturated heterocycles. The molecule has 238 valence electrons. The first kappa shape index (κ1) is 31.4. The van der Waals surface area contributed by atoms with E-state index in [1.54, 1.807) is 0 Å². The number of imidazole rings is 1. The number of nitrogens with zero attached hydrogens (tertiary/aromatic N) is 4. The Kier molecular flexibility index (Phi) is 8.33. The van der Waals surface area contributed by atoms with E-state index >= 15 is 0 Å². The van der Waals surface area contributed by atoms with Gasteiger partial charge in [0.05, 0.1) is 5.69 Å². The molecule has 48 heavy (non-hydrogen) atoms. The van der Waals surface area contributed by atoms with Gasteiger partial charge in [0, 0.05) is 56.7 Å². The number of para-hydroxylation sites is 1. The molecule has 0 atom stereocenters. The van der Waals surface area contributed by atoms with Crippen molar-refractivity contribution < 1.29 is 30.4 Å². The van der Waals surface area contributed by atoms with Crippen molar-refractivity contribution in [1.29, 1.82) is 0 Å². The number of hydrogen-bond donors (Lipinski definition) is 0. The van der Waals surface area contributed by atoms with E-state index in [1.807, 2.05) is 58.1 Å². The van der Waals surface area contributed by atoms with Crippen molar-refractivity contribution in [2.75, 3.05) is 0 Å². The SMILES string of the molecule is CC(C)(C)c1ccnc(-n2c3[c-]c(Oc4[c-]c(-[n+]5[c-]n(-c6cccc(-c7ccccc7)c6)cc5)ccc4)ccc3c3ccccc32)c1.[Pt]. The van der Waals surface area contributed by atoms with Crippen LogP contribution in [-0.2, 0) is 26.5 Å². The minimum absolute atomic E-state index is 0. The molecule has 0 aliphatic rings. The molecule has 0 aliphatic carbocycles. The van der Waals surface area contributed by atoms with Crippen LogP contribution in [0.1, 0.15) is 26.3 Å². The van der Waals surface area contributed by atoms with Gasteiger partial charge < -0.3 is 13.9 Å². The second-order valence-corrected chi connectivity index (χ2v) is 12.6. The van der Waals surface area contributed by atoms with Gasteiger partial charge in [-0.15, -0.1) is 29.7 Å². The van der Waals surface area contributed by atoms with E-state index in [1.165, 1.54) is 11.1 Å². The zero-order chi connectivity index (χ0) is 32.0. The molecule has 0 spiro atoms. The molecule has 0 unspecified atom stereocenters. The minimum atomic E-state index is -0.00208. The van der Waals surface area contributed by atoms with E-state index in [0.29, 0.717) is 11.5 Å². The average Bonchev–Trinajstić information content (AvgIpc) is 3.72. The summed E-state index contributed by atoms with van der Waals surface area (Å²) in [5.41, 5.74) is 7.39. The number of benzene rings is 5. The molecule has 0 radical (unpaired) electrons. The van der Waals surface area contributed by atoms with Crippen LogP contribution >= 0.6 is 0 Å². The van der Waals surface area contributed by atoms with E-state index in [4.69, 9.17) is 9.72 Å². The summed E-state index contributed by atoms with van der Waals surface area (Å²) in [6.45, 7) is 6.65. The maximum absolute atomic E-state index is 6.39. The topological polar surface area (TPSA) is 35.9 Å². The van der Waals surface area contributed by atoms with E-state index < -0.39 is 0 Å². The van der Waals surface area contributed by atoms with E-state index in [9.17, 15) is 0 Å². The third-order valence-corrected chi connectivity index (χ3v) is 8.44. The van der Waals surface area contributed by atoms with Crippen LogP contribution in [0.2, 0.25) is 0 Å². The molecule has 3 aromatic heterocycles. The number of rotatable bonds is 6. The summed E-state index contributed by atoms with van der Waals surface area (Å²) in [6, 6.07) is 48.4. The molecule has 3 heterocycles. The minimum Gasteiger partial charge on any atom is -0.510 e. The van der Waals surface area contributed by atoms with Crippen molar-refractivity contribution in [3.05, 3.63) is 164 Å². The molecule has 0 aliphatic heterocycles. The molecule has 8 rings (SSSR count). The number of fused-ring (bicyclic) bond motifs is 3. The fourth-order valence-corrected chi connectivity index (χ4v) is 5.99. The molecule has 0 bridgehead atoms. The molecule has 0 amide bonds. The van der Waals surface area contributed by atoms with Crippen molar-refractivity contribution in [2.45, 2.75) is 26.2 Å². The van der Waals surface area contributed by atoms with Crippen LogP contribution in [0.5, 0.6) is 11.5 Å². The third-order valence-electron chi connectivity index (χ3n) is 8.44. The van der Waals surface area contributed by atoms with Crippen molar-refractivity contribution in [3.8, 4) is 39.8 Å². The van der Waals surface area contributed by atoms with Gasteiger partial charge in [-0.1, -0.05) is 87.0 Å². The Bertz CT molecular complexity index is 2380. The standard InChI is InChI=1S/C42H32N4O.Pt/c1-42(2,3)32-21-22-43-41(26-32)46-39-18-8-7-17-37(39)38-20-19-36(28-40(38)46)47-35-16-10-15-34(27-35)45-24-23-44(29-45)33-14-9-13-31(25-33)30-11-5-4-6-12-30;/h4-26H,1-3H3;/q-2;. The Balaban J connectivity index is 0.00000364. The van der Waals surface area contributed by atoms with Gasteiger partial charge in [0.25, 0.3) is 6.33 Å². The molecule has 0 saturated carbocycles. The Hall–Kier alpha value is -5.25. The monoisotopic (exact) mass is 803 g/mol. The molecular formula is C42H32N4OPt-2. The van der Waals surface area contributed by atoms with E-state index in [0.717, 1.165) is 44.6 Å². The Morgan fingerprint density at radius 1 is 0.708 bits per heavy atom. The normalized spacial score (nSPS) is 11.5. The van der Waals surface area contributed by atoms with Crippen LogP contribution in [0.15, 0.2) is 140 Å². The molecule has 0 fully saturated rings. The van der Waals surface area contributed by atoms with Crippen LogP contribution in [0.3, 0.4) is 0 Å². The first-order chi connectivity index (χ1) is 22.9. The second-order valence-electron chi connectivity index (χ2n) is 12.6. The van der Waals surface area contributed by atoms with Crippen molar-refractivity contribution in [2.24, 2.45) is 0 Å². The fourth-order valence-electron chi connectivity index (χ4n) is 5.99. The summed E-state index contributed by atoms with van der Waals surface area (Å²) in [5.74, 6) is 2.05. The zero-order valence-electron chi connectivity index (χ0n) is 26.8. The molecule has 8 aromatic rings. The Morgan fingerprint density at radius 3 is 2.33 bits per heavy atom. The van der Waals surface area contributed by atoms with Gasteiger partial charge in [0.1, 0.15) is 5.82 Å². The average molecular weight is 804 g/mol. The maximum Gasteiger partial charge on any atom is 0.267 e. The van der Waals surface area contributed by atoms with Gasteiger partial charge in [0.15, 0.2) is 0 Å². The third kappa shape index (κ3) is 5.98. The quantitative estimate of drug-likeness (QED) is 0.124. The summed E-state index contributed by atoms with van der Waals surface area (Å²) in [6.07, 6.45) is 9.28. The number of ether oxygens (including phenoxy) is 1. The molecule has 6 heteroatoms. The summed E-state index contributed by atoms with van der Waals surface area (Å²) >= 11 is 0. The molecule has 0 N–H and O–H groups in total. The van der Waals surface area contributed by atoms with Crippen molar-refractivity contribution in [3.63, 3.8) is 0 Å². The van der Waals surface area contributed by atoms with Gasteiger partial charge in [-0.3, -0.25) is 4.57 Å². The Morgan fingerprint density at radius 2 is 1.48 bits per heavy atom. The number of pyridine rings is 1. The van der Waals surface area contributed by atoms with Crippen LogP contribution in [0, 0.1) is 18.5 Å². The van der Waals surface area contributed by atoms with Crippen LogP contribution < -0.4 is 9.30 Å². The first-order valence-corrected chi connectivity index (χ1v) is 15.7. The summed E-state index contributed by atoms with van der Waals surface area (Å²) in [5, 5.41) is 2.24. The number of hydrogen-bond acceptors (Lipinski definition) is 2. The van der Waals surface area contributed by atoms with Gasteiger partial charge in [-0.2, -0.15) is 18.2 Å². The van der Waals surface area contributed by atoms with Crippen LogP contribution in [0.25, 0.3) is 50.1 Å². The summed E-state index contributed by atoms with van der Waals surface area (Å²) < 4.78 is 12.5. The van der Waals surface area contributed by atoms with E-state index in [2.05, 4.69) is 135 Å². The number of aromatic nitrogens is 4.